The number of non-ortho nitro benzene ring substituents is 1. The number of nitro groups is 1. The van der Waals surface area contributed by atoms with Crippen LogP contribution in [0.15, 0.2) is 48.5 Å². The normalized spacial score (nSPS) is 11.6. The molecule has 2 rings (SSSR count). The van der Waals surface area contributed by atoms with Gasteiger partial charge in [0.2, 0.25) is 0 Å². The van der Waals surface area contributed by atoms with Crippen LogP contribution in [0.1, 0.15) is 12.5 Å². The highest BCUT2D eigenvalue weighted by Gasteiger charge is 2.15. The van der Waals surface area contributed by atoms with Gasteiger partial charge in [0.05, 0.1) is 18.1 Å². The summed E-state index contributed by atoms with van der Waals surface area (Å²) in [6.45, 7) is 1.52. The molecule has 0 radical (unpaired) electrons. The van der Waals surface area contributed by atoms with Crippen LogP contribution in [0.5, 0.6) is 5.75 Å². The Kier molecular flexibility index (Phi) is 5.30. The zero-order valence-electron chi connectivity index (χ0n) is 13.0. The average Bonchev–Trinajstić information content (AvgIpc) is 2.55. The first-order valence-corrected chi connectivity index (χ1v) is 7.14. The summed E-state index contributed by atoms with van der Waals surface area (Å²) in [4.78, 5) is 22.1. The van der Waals surface area contributed by atoms with Crippen LogP contribution in [0.3, 0.4) is 0 Å². The second-order valence-corrected chi connectivity index (χ2v) is 5.16. The van der Waals surface area contributed by atoms with E-state index in [0.717, 1.165) is 17.0 Å². The number of nitrogens with one attached hydrogen (secondary N) is 1. The molecule has 120 valence electrons. The highest BCUT2D eigenvalue weighted by Crippen LogP contribution is 2.18. The van der Waals surface area contributed by atoms with E-state index in [0.29, 0.717) is 6.42 Å². The third-order valence-corrected chi connectivity index (χ3v) is 3.51. The molecule has 0 fully saturated rings. The molecule has 1 atom stereocenters. The maximum absolute atomic E-state index is 11.9. The quantitative estimate of drug-likeness (QED) is 0.627. The Hall–Kier alpha value is -2.89. The summed E-state index contributed by atoms with van der Waals surface area (Å²) >= 11 is 0. The summed E-state index contributed by atoms with van der Waals surface area (Å²) in [5.74, 6) is 0.740. The van der Waals surface area contributed by atoms with Crippen molar-refractivity contribution in [3.8, 4) is 5.75 Å². The molecule has 0 aliphatic carbocycles. The first kappa shape index (κ1) is 16.5. The Morgan fingerprint density at radius 2 is 1.78 bits per heavy atom. The molecular formula is C17H18N2O4. The fourth-order valence-corrected chi connectivity index (χ4v) is 2.17. The molecule has 6 nitrogen and oxygen atoms in total. The highest BCUT2D eigenvalue weighted by molar-refractivity contribution is 5.84. The van der Waals surface area contributed by atoms with Gasteiger partial charge in [-0.05, 0) is 43.2 Å². The summed E-state index contributed by atoms with van der Waals surface area (Å²) < 4.78 is 5.10. The molecule has 0 aliphatic rings. The summed E-state index contributed by atoms with van der Waals surface area (Å²) in [5, 5.41) is 13.8. The van der Waals surface area contributed by atoms with Gasteiger partial charge < -0.3 is 10.1 Å². The van der Waals surface area contributed by atoms with Crippen molar-refractivity contribution in [1.82, 2.24) is 0 Å². The van der Waals surface area contributed by atoms with Crippen LogP contribution in [0.4, 0.5) is 11.4 Å². The zero-order valence-corrected chi connectivity index (χ0v) is 13.0. The number of hydrogen-bond acceptors (Lipinski definition) is 5. The topological polar surface area (TPSA) is 81.5 Å². The molecule has 1 N–H and O–H groups in total. The maximum atomic E-state index is 11.9. The Morgan fingerprint density at radius 1 is 1.17 bits per heavy atom. The Bertz CT molecular complexity index is 681. The van der Waals surface area contributed by atoms with Crippen molar-refractivity contribution in [3.05, 3.63) is 64.2 Å². The summed E-state index contributed by atoms with van der Waals surface area (Å²) in [6, 6.07) is 13.1. The van der Waals surface area contributed by atoms with Crippen molar-refractivity contribution in [2.45, 2.75) is 19.4 Å². The minimum atomic E-state index is -0.443. The average molecular weight is 314 g/mol. The smallest absolute Gasteiger partial charge is 0.269 e. The standard InChI is InChI=1S/C17H18N2O4/c1-12(20)17(18-14-5-9-16(23-2)10-6-14)11-13-3-7-15(8-4-13)19(21)22/h3-10,17-18H,11H2,1-2H3/t17-/m0/s1. The maximum Gasteiger partial charge on any atom is 0.269 e. The van der Waals surface area contributed by atoms with Gasteiger partial charge in [-0.2, -0.15) is 0 Å². The van der Waals surface area contributed by atoms with E-state index in [1.54, 1.807) is 19.2 Å². The molecule has 0 unspecified atom stereocenters. The summed E-state index contributed by atoms with van der Waals surface area (Å²) in [5.41, 5.74) is 1.71. The van der Waals surface area contributed by atoms with Crippen LogP contribution >= 0.6 is 0 Å². The number of ether oxygens (including phenoxy) is 1. The molecular weight excluding hydrogens is 296 g/mol. The number of carbonyl (C=O) groups is 1. The van der Waals surface area contributed by atoms with Gasteiger partial charge in [0.15, 0.2) is 5.78 Å². The molecule has 2 aromatic rings. The second kappa shape index (κ2) is 7.40. The Labute approximate surface area is 134 Å². The van der Waals surface area contributed by atoms with Crippen molar-refractivity contribution < 1.29 is 14.5 Å². The molecule has 0 saturated carbocycles. The lowest BCUT2D eigenvalue weighted by Crippen LogP contribution is -2.29. The van der Waals surface area contributed by atoms with Crippen molar-refractivity contribution in [2.75, 3.05) is 12.4 Å². The molecule has 0 amide bonds. The Balaban J connectivity index is 2.08. The minimum absolute atomic E-state index is 0.000768. The monoisotopic (exact) mass is 314 g/mol. The number of carbonyl (C=O) groups excluding carboxylic acids is 1. The van der Waals surface area contributed by atoms with Crippen LogP contribution in [0, 0.1) is 10.1 Å². The predicted octanol–water partition coefficient (Wildman–Crippen LogP) is 3.22. The van der Waals surface area contributed by atoms with E-state index in [4.69, 9.17) is 4.74 Å². The number of benzene rings is 2. The fraction of sp³-hybridized carbons (Fsp3) is 0.235. The van der Waals surface area contributed by atoms with Crippen molar-refractivity contribution in [1.29, 1.82) is 0 Å². The zero-order chi connectivity index (χ0) is 16.8. The van der Waals surface area contributed by atoms with Crippen molar-refractivity contribution in [3.63, 3.8) is 0 Å². The van der Waals surface area contributed by atoms with Crippen LogP contribution in [0.25, 0.3) is 0 Å². The van der Waals surface area contributed by atoms with Crippen LogP contribution in [0.2, 0.25) is 0 Å². The van der Waals surface area contributed by atoms with E-state index in [2.05, 4.69) is 5.32 Å². The molecule has 2 aromatic carbocycles. The first-order chi connectivity index (χ1) is 11.0. The molecule has 0 aromatic heterocycles. The molecule has 0 aliphatic heterocycles. The van der Waals surface area contributed by atoms with E-state index in [1.165, 1.54) is 19.1 Å². The van der Waals surface area contributed by atoms with E-state index >= 15 is 0 Å². The van der Waals surface area contributed by atoms with Crippen molar-refractivity contribution >= 4 is 17.2 Å². The number of ketones is 1. The van der Waals surface area contributed by atoms with Gasteiger partial charge in [-0.25, -0.2) is 0 Å². The van der Waals surface area contributed by atoms with Crippen LogP contribution < -0.4 is 10.1 Å². The third-order valence-electron chi connectivity index (χ3n) is 3.51. The molecule has 23 heavy (non-hydrogen) atoms. The molecule has 6 heteroatoms. The van der Waals surface area contributed by atoms with Gasteiger partial charge in [0.25, 0.3) is 5.69 Å². The van der Waals surface area contributed by atoms with Crippen LogP contribution in [-0.2, 0) is 11.2 Å². The number of nitrogens with zero attached hydrogens (tertiary/aromatic N) is 1. The van der Waals surface area contributed by atoms with E-state index in [9.17, 15) is 14.9 Å². The van der Waals surface area contributed by atoms with Gasteiger partial charge in [-0.3, -0.25) is 14.9 Å². The number of hydrogen-bond donors (Lipinski definition) is 1. The minimum Gasteiger partial charge on any atom is -0.497 e. The summed E-state index contributed by atoms with van der Waals surface area (Å²) in [6.07, 6.45) is 0.458. The largest absolute Gasteiger partial charge is 0.497 e. The SMILES string of the molecule is COc1ccc(N[C@@H](Cc2ccc([N+](=O)[O-])cc2)C(C)=O)cc1. The Morgan fingerprint density at radius 3 is 2.26 bits per heavy atom. The van der Waals surface area contributed by atoms with E-state index < -0.39 is 11.0 Å². The van der Waals surface area contributed by atoms with Crippen LogP contribution in [-0.4, -0.2) is 23.9 Å². The number of methoxy groups -OCH3 is 1. The molecule has 0 heterocycles. The molecule has 0 bridgehead atoms. The van der Waals surface area contributed by atoms with E-state index in [1.807, 2.05) is 24.3 Å². The first-order valence-electron chi connectivity index (χ1n) is 7.14. The van der Waals surface area contributed by atoms with Gasteiger partial charge >= 0.3 is 0 Å². The van der Waals surface area contributed by atoms with Crippen molar-refractivity contribution in [2.24, 2.45) is 0 Å². The van der Waals surface area contributed by atoms with Gasteiger partial charge in [0, 0.05) is 17.8 Å². The fourth-order valence-electron chi connectivity index (χ4n) is 2.17. The highest BCUT2D eigenvalue weighted by atomic mass is 16.6. The van der Waals surface area contributed by atoms with E-state index in [-0.39, 0.29) is 11.5 Å². The molecule has 0 saturated heterocycles. The number of anilines is 1. The number of rotatable bonds is 7. The lowest BCUT2D eigenvalue weighted by molar-refractivity contribution is -0.384. The van der Waals surface area contributed by atoms with Gasteiger partial charge in [-0.15, -0.1) is 0 Å². The lowest BCUT2D eigenvalue weighted by atomic mass is 10.0. The lowest BCUT2D eigenvalue weighted by Gasteiger charge is -2.17. The van der Waals surface area contributed by atoms with Gasteiger partial charge in [0.1, 0.15) is 5.75 Å². The molecule has 0 spiro atoms. The third kappa shape index (κ3) is 4.54. The summed E-state index contributed by atoms with van der Waals surface area (Å²) in [7, 11) is 1.59. The predicted molar refractivity (Wildman–Crippen MR) is 87.9 cm³/mol. The second-order valence-electron chi connectivity index (χ2n) is 5.16. The van der Waals surface area contributed by atoms with Gasteiger partial charge in [-0.1, -0.05) is 12.1 Å². The number of Topliss-reactive ketones (excluding diaryl/α,β-unsaturated/α-hetero) is 1. The number of nitro benzene ring substituents is 1.